The highest BCUT2D eigenvalue weighted by Gasteiger charge is 2.19. The molecule has 98 valence electrons. The van der Waals surface area contributed by atoms with Crippen molar-refractivity contribution in [1.82, 2.24) is 14.8 Å². The summed E-state index contributed by atoms with van der Waals surface area (Å²) in [5, 5.41) is 0.512. The van der Waals surface area contributed by atoms with Crippen LogP contribution in [0.25, 0.3) is 0 Å². The first kappa shape index (κ1) is 13.3. The van der Waals surface area contributed by atoms with E-state index in [2.05, 4.69) is 4.98 Å². The molecule has 2 heterocycles. The molecule has 0 unspecified atom stereocenters. The second kappa shape index (κ2) is 6.16. The van der Waals surface area contributed by atoms with Crippen LogP contribution < -0.4 is 0 Å². The summed E-state index contributed by atoms with van der Waals surface area (Å²) in [6.07, 6.45) is 3.93. The maximum Gasteiger partial charge on any atom is 0.236 e. The van der Waals surface area contributed by atoms with Gasteiger partial charge in [0, 0.05) is 31.4 Å². The molecule has 1 aliphatic heterocycles. The third kappa shape index (κ3) is 3.43. The summed E-state index contributed by atoms with van der Waals surface area (Å²) in [4.78, 5) is 19.9. The Morgan fingerprint density at radius 2 is 2.22 bits per heavy atom. The Morgan fingerprint density at radius 3 is 2.89 bits per heavy atom. The molecular weight excluding hydrogens is 250 g/mol. The van der Waals surface area contributed by atoms with E-state index in [0.717, 1.165) is 31.5 Å². The molecule has 0 spiro atoms. The number of likely N-dealkylation sites (N-methyl/N-ethyl adjacent to an activating group) is 1. The molecule has 1 aromatic heterocycles. The van der Waals surface area contributed by atoms with E-state index < -0.39 is 0 Å². The number of aromatic nitrogens is 1. The number of hydrogen-bond donors (Lipinski definition) is 0. The van der Waals surface area contributed by atoms with E-state index >= 15 is 0 Å². The van der Waals surface area contributed by atoms with Crippen molar-refractivity contribution in [3.05, 3.63) is 29.0 Å². The summed E-state index contributed by atoms with van der Waals surface area (Å²) in [5.41, 5.74) is 0.955. The van der Waals surface area contributed by atoms with Gasteiger partial charge in [-0.15, -0.1) is 0 Å². The lowest BCUT2D eigenvalue weighted by atomic mass is 10.2. The molecule has 0 bridgehead atoms. The fourth-order valence-electron chi connectivity index (χ4n) is 2.18. The average Bonchev–Trinajstić information content (AvgIpc) is 2.85. The number of nitrogens with zero attached hydrogens (tertiary/aromatic N) is 3. The Balaban J connectivity index is 1.86. The largest absolute Gasteiger partial charge is 0.342 e. The molecule has 1 amide bonds. The van der Waals surface area contributed by atoms with Gasteiger partial charge in [-0.3, -0.25) is 9.69 Å². The van der Waals surface area contributed by atoms with Gasteiger partial charge in [-0.25, -0.2) is 4.98 Å². The predicted molar refractivity (Wildman–Crippen MR) is 71.4 cm³/mol. The smallest absolute Gasteiger partial charge is 0.236 e. The zero-order chi connectivity index (χ0) is 13.0. The van der Waals surface area contributed by atoms with E-state index in [4.69, 9.17) is 11.6 Å². The summed E-state index contributed by atoms with van der Waals surface area (Å²) >= 11 is 6.00. The quantitative estimate of drug-likeness (QED) is 0.781. The SMILES string of the molecule is CN(CC(=O)N1CCCC1)Cc1cccnc1Cl. The molecule has 1 aliphatic rings. The number of amides is 1. The first-order valence-electron chi connectivity index (χ1n) is 6.22. The van der Waals surface area contributed by atoms with Gasteiger partial charge in [0.15, 0.2) is 0 Å². The minimum Gasteiger partial charge on any atom is -0.342 e. The number of halogens is 1. The molecular formula is C13H18ClN3O. The van der Waals surface area contributed by atoms with Crippen molar-refractivity contribution in [3.8, 4) is 0 Å². The van der Waals surface area contributed by atoms with E-state index in [9.17, 15) is 4.79 Å². The van der Waals surface area contributed by atoms with Crippen molar-refractivity contribution < 1.29 is 4.79 Å². The number of likely N-dealkylation sites (tertiary alicyclic amines) is 1. The van der Waals surface area contributed by atoms with E-state index in [1.165, 1.54) is 0 Å². The summed E-state index contributed by atoms with van der Waals surface area (Å²) < 4.78 is 0. The van der Waals surface area contributed by atoms with Crippen LogP contribution >= 0.6 is 11.6 Å². The first-order valence-corrected chi connectivity index (χ1v) is 6.60. The first-order chi connectivity index (χ1) is 8.66. The van der Waals surface area contributed by atoms with Crippen LogP contribution in [0.1, 0.15) is 18.4 Å². The van der Waals surface area contributed by atoms with E-state index in [1.54, 1.807) is 6.20 Å². The van der Waals surface area contributed by atoms with Crippen molar-refractivity contribution in [2.45, 2.75) is 19.4 Å². The van der Waals surface area contributed by atoms with Crippen LogP contribution in [0.5, 0.6) is 0 Å². The number of carbonyl (C=O) groups excluding carboxylic acids is 1. The van der Waals surface area contributed by atoms with Crippen LogP contribution in [0.2, 0.25) is 5.15 Å². The molecule has 4 nitrogen and oxygen atoms in total. The van der Waals surface area contributed by atoms with E-state index in [1.807, 2.05) is 29.0 Å². The van der Waals surface area contributed by atoms with Crippen LogP contribution in [-0.4, -0.2) is 47.4 Å². The van der Waals surface area contributed by atoms with Gasteiger partial charge < -0.3 is 4.90 Å². The Kier molecular flexibility index (Phi) is 4.55. The zero-order valence-corrected chi connectivity index (χ0v) is 11.4. The fourth-order valence-corrected chi connectivity index (χ4v) is 2.36. The van der Waals surface area contributed by atoms with Crippen molar-refractivity contribution >= 4 is 17.5 Å². The Labute approximate surface area is 113 Å². The lowest BCUT2D eigenvalue weighted by Crippen LogP contribution is -2.37. The molecule has 18 heavy (non-hydrogen) atoms. The van der Waals surface area contributed by atoms with Crippen molar-refractivity contribution in [3.63, 3.8) is 0 Å². The average molecular weight is 268 g/mol. The molecule has 0 aromatic carbocycles. The van der Waals surface area contributed by atoms with Crippen LogP contribution in [0.15, 0.2) is 18.3 Å². The molecule has 0 saturated carbocycles. The number of pyridine rings is 1. The number of hydrogen-bond acceptors (Lipinski definition) is 3. The van der Waals surface area contributed by atoms with Crippen LogP contribution in [0, 0.1) is 0 Å². The van der Waals surface area contributed by atoms with E-state index in [-0.39, 0.29) is 5.91 Å². The summed E-state index contributed by atoms with van der Waals surface area (Å²) in [5.74, 6) is 0.204. The Hall–Kier alpha value is -1.13. The van der Waals surface area contributed by atoms with Crippen molar-refractivity contribution in [1.29, 1.82) is 0 Å². The monoisotopic (exact) mass is 267 g/mol. The third-order valence-corrected chi connectivity index (χ3v) is 3.48. The molecule has 5 heteroatoms. The van der Waals surface area contributed by atoms with Crippen LogP contribution in [0.3, 0.4) is 0 Å². The Morgan fingerprint density at radius 1 is 1.50 bits per heavy atom. The number of carbonyl (C=O) groups is 1. The Bertz CT molecular complexity index is 418. The van der Waals surface area contributed by atoms with Crippen molar-refractivity contribution in [2.75, 3.05) is 26.7 Å². The highest BCUT2D eigenvalue weighted by atomic mass is 35.5. The molecule has 2 rings (SSSR count). The van der Waals surface area contributed by atoms with Gasteiger partial charge >= 0.3 is 0 Å². The van der Waals surface area contributed by atoms with Gasteiger partial charge in [-0.1, -0.05) is 17.7 Å². The maximum absolute atomic E-state index is 12.0. The summed E-state index contributed by atoms with van der Waals surface area (Å²) in [6.45, 7) is 2.89. The zero-order valence-electron chi connectivity index (χ0n) is 10.6. The van der Waals surface area contributed by atoms with Gasteiger partial charge in [0.1, 0.15) is 5.15 Å². The summed E-state index contributed by atoms with van der Waals surface area (Å²) in [7, 11) is 1.93. The van der Waals surface area contributed by atoms with Gasteiger partial charge in [0.05, 0.1) is 6.54 Å². The molecule has 1 fully saturated rings. The second-order valence-corrected chi connectivity index (χ2v) is 5.07. The summed E-state index contributed by atoms with van der Waals surface area (Å²) in [6, 6.07) is 3.80. The minimum absolute atomic E-state index is 0.204. The topological polar surface area (TPSA) is 36.4 Å². The van der Waals surface area contributed by atoms with Crippen LogP contribution in [0.4, 0.5) is 0 Å². The van der Waals surface area contributed by atoms with Gasteiger partial charge in [-0.05, 0) is 26.0 Å². The van der Waals surface area contributed by atoms with E-state index in [0.29, 0.717) is 18.2 Å². The van der Waals surface area contributed by atoms with Gasteiger partial charge in [-0.2, -0.15) is 0 Å². The maximum atomic E-state index is 12.0. The van der Waals surface area contributed by atoms with Crippen molar-refractivity contribution in [2.24, 2.45) is 0 Å². The van der Waals surface area contributed by atoms with Gasteiger partial charge in [0.25, 0.3) is 0 Å². The lowest BCUT2D eigenvalue weighted by Gasteiger charge is -2.21. The molecule has 1 aromatic rings. The highest BCUT2D eigenvalue weighted by molar-refractivity contribution is 6.30. The molecule has 0 radical (unpaired) electrons. The third-order valence-electron chi connectivity index (χ3n) is 3.14. The highest BCUT2D eigenvalue weighted by Crippen LogP contribution is 2.14. The van der Waals surface area contributed by atoms with Crippen LogP contribution in [-0.2, 0) is 11.3 Å². The standard InChI is InChI=1S/C13H18ClN3O/c1-16(9-11-5-4-6-15-13(11)14)10-12(18)17-7-2-3-8-17/h4-6H,2-3,7-10H2,1H3. The minimum atomic E-state index is 0.204. The molecule has 1 saturated heterocycles. The molecule has 0 aliphatic carbocycles. The normalized spacial score (nSPS) is 15.4. The lowest BCUT2D eigenvalue weighted by molar-refractivity contribution is -0.131. The molecule has 0 N–H and O–H groups in total. The number of rotatable bonds is 4. The fraction of sp³-hybridized carbons (Fsp3) is 0.538. The second-order valence-electron chi connectivity index (χ2n) is 4.71. The predicted octanol–water partition coefficient (Wildman–Crippen LogP) is 1.79. The molecule has 0 atom stereocenters. The van der Waals surface area contributed by atoms with Gasteiger partial charge in [0.2, 0.25) is 5.91 Å².